The molecule has 0 aliphatic carbocycles. The molecule has 0 aromatic carbocycles. The van der Waals surface area contributed by atoms with Gasteiger partial charge in [0.15, 0.2) is 0 Å². The number of anilines is 1. The maximum atomic E-state index is 13.5. The molecule has 1 fully saturated rings. The van der Waals surface area contributed by atoms with Crippen LogP contribution in [0.4, 0.5) is 10.3 Å². The summed E-state index contributed by atoms with van der Waals surface area (Å²) in [5.74, 6) is 1.94. The van der Waals surface area contributed by atoms with Crippen LogP contribution in [-0.4, -0.2) is 69.4 Å². The van der Waals surface area contributed by atoms with Crippen molar-refractivity contribution in [3.63, 3.8) is 0 Å². The summed E-state index contributed by atoms with van der Waals surface area (Å²) in [7, 11) is 0. The molecule has 1 atom stereocenters. The number of ether oxygens (including phenoxy) is 1. The Labute approximate surface area is 160 Å². The van der Waals surface area contributed by atoms with Gasteiger partial charge in [0, 0.05) is 31.7 Å². The Kier molecular flexibility index (Phi) is 4.28. The molecular formula is C19H18FN7O. The van der Waals surface area contributed by atoms with Gasteiger partial charge in [0.25, 0.3) is 0 Å². The van der Waals surface area contributed by atoms with Gasteiger partial charge in [-0.25, -0.2) is 19.3 Å². The Bertz CT molecular complexity index is 1050. The first-order chi connectivity index (χ1) is 13.8. The molecule has 5 heterocycles. The fourth-order valence-corrected chi connectivity index (χ4v) is 3.34. The van der Waals surface area contributed by atoms with E-state index in [9.17, 15) is 4.39 Å². The molecule has 8 nitrogen and oxygen atoms in total. The molecule has 5 rings (SSSR count). The predicted molar refractivity (Wildman–Crippen MR) is 103 cm³/mol. The van der Waals surface area contributed by atoms with Crippen LogP contribution in [0.25, 0.3) is 22.4 Å². The van der Waals surface area contributed by atoms with Gasteiger partial charge >= 0.3 is 0 Å². The van der Waals surface area contributed by atoms with Crippen molar-refractivity contribution in [1.82, 2.24) is 24.5 Å². The minimum atomic E-state index is -1.06. The molecule has 28 heavy (non-hydrogen) atoms. The first-order valence-corrected chi connectivity index (χ1v) is 9.14. The molecule has 0 radical (unpaired) electrons. The maximum absolute atomic E-state index is 13.5. The van der Waals surface area contributed by atoms with Gasteiger partial charge in [0.1, 0.15) is 17.8 Å². The van der Waals surface area contributed by atoms with Gasteiger partial charge in [0.05, 0.1) is 42.6 Å². The lowest BCUT2D eigenvalue weighted by molar-refractivity contribution is 0.122. The number of hydrogen-bond acceptors (Lipinski definition) is 7. The van der Waals surface area contributed by atoms with Crippen molar-refractivity contribution in [3.8, 4) is 11.4 Å². The fourth-order valence-electron chi connectivity index (χ4n) is 3.34. The highest BCUT2D eigenvalue weighted by Crippen LogP contribution is 2.25. The number of nitrogens with zero attached hydrogens (tertiary/aromatic N) is 7. The normalized spacial score (nSPS) is 19.8. The number of allylic oxidation sites excluding steroid dienone is 1. The second-order valence-electron chi connectivity index (χ2n) is 6.58. The lowest BCUT2D eigenvalue weighted by Gasteiger charge is -2.26. The van der Waals surface area contributed by atoms with Crippen LogP contribution in [0.2, 0.25) is 0 Å². The molecule has 2 aliphatic rings. The molecule has 0 bridgehead atoms. The number of pyridine rings is 1. The molecule has 0 amide bonds. The molecule has 142 valence electrons. The van der Waals surface area contributed by atoms with Crippen LogP contribution < -0.4 is 4.90 Å². The van der Waals surface area contributed by atoms with E-state index in [1.54, 1.807) is 30.9 Å². The van der Waals surface area contributed by atoms with E-state index >= 15 is 0 Å². The van der Waals surface area contributed by atoms with Crippen LogP contribution in [0.5, 0.6) is 0 Å². The van der Waals surface area contributed by atoms with E-state index in [4.69, 9.17) is 9.72 Å². The van der Waals surface area contributed by atoms with E-state index in [0.29, 0.717) is 30.8 Å². The van der Waals surface area contributed by atoms with Gasteiger partial charge in [-0.05, 0) is 18.2 Å². The molecule has 3 aromatic heterocycles. The van der Waals surface area contributed by atoms with Crippen LogP contribution in [0.1, 0.15) is 0 Å². The number of aliphatic imine (C=N–C) groups is 1. The first kappa shape index (κ1) is 16.9. The number of morpholine rings is 1. The lowest BCUT2D eigenvalue weighted by Crippen LogP contribution is -2.37. The number of alkyl halides is 1. The zero-order valence-corrected chi connectivity index (χ0v) is 15.1. The summed E-state index contributed by atoms with van der Waals surface area (Å²) < 4.78 is 20.7. The smallest absolute Gasteiger partial charge is 0.225 e. The minimum absolute atomic E-state index is 0.0949. The summed E-state index contributed by atoms with van der Waals surface area (Å²) in [6.45, 7) is 2.99. The minimum Gasteiger partial charge on any atom is -0.378 e. The highest BCUT2D eigenvalue weighted by Gasteiger charge is 2.20. The predicted octanol–water partition coefficient (Wildman–Crippen LogP) is 1.88. The highest BCUT2D eigenvalue weighted by molar-refractivity contribution is 6.03. The Balaban J connectivity index is 1.57. The van der Waals surface area contributed by atoms with E-state index in [1.165, 1.54) is 6.08 Å². The lowest BCUT2D eigenvalue weighted by atomic mass is 10.2. The fraction of sp³-hybridized carbons (Fsp3) is 0.316. The van der Waals surface area contributed by atoms with Gasteiger partial charge in [-0.15, -0.1) is 0 Å². The van der Waals surface area contributed by atoms with Crippen molar-refractivity contribution in [2.75, 3.05) is 37.7 Å². The summed E-state index contributed by atoms with van der Waals surface area (Å²) in [4.78, 5) is 24.4. The molecule has 0 N–H and O–H groups in total. The summed E-state index contributed by atoms with van der Waals surface area (Å²) in [6, 6.07) is 1.84. The molecule has 0 spiro atoms. The van der Waals surface area contributed by atoms with E-state index in [1.807, 2.05) is 10.6 Å². The third-order valence-electron chi connectivity index (χ3n) is 4.76. The molecule has 0 saturated carbocycles. The first-order valence-electron chi connectivity index (χ1n) is 9.14. The van der Waals surface area contributed by atoms with Gasteiger partial charge in [-0.3, -0.25) is 14.5 Å². The van der Waals surface area contributed by atoms with E-state index < -0.39 is 6.17 Å². The van der Waals surface area contributed by atoms with Crippen molar-refractivity contribution < 1.29 is 9.13 Å². The monoisotopic (exact) mass is 379 g/mol. The Morgan fingerprint density at radius 3 is 2.68 bits per heavy atom. The number of aromatic nitrogens is 5. The van der Waals surface area contributed by atoms with Gasteiger partial charge < -0.3 is 9.64 Å². The van der Waals surface area contributed by atoms with E-state index in [-0.39, 0.29) is 6.54 Å². The summed E-state index contributed by atoms with van der Waals surface area (Å²) in [5.41, 5.74) is 2.34. The number of halogens is 1. The van der Waals surface area contributed by atoms with Crippen molar-refractivity contribution >= 4 is 22.8 Å². The number of dihydropyridines is 1. The average molecular weight is 379 g/mol. The average Bonchev–Trinajstić information content (AvgIpc) is 3.15. The zero-order valence-electron chi connectivity index (χ0n) is 15.1. The summed E-state index contributed by atoms with van der Waals surface area (Å²) >= 11 is 0. The SMILES string of the molecule is FC1C=CC(n2c(-c3cnc(N4CCOCC4)nc3)nc3ccncc32)=NC1. The van der Waals surface area contributed by atoms with Crippen LogP contribution in [0, 0.1) is 0 Å². The molecule has 1 saturated heterocycles. The Morgan fingerprint density at radius 2 is 1.93 bits per heavy atom. The highest BCUT2D eigenvalue weighted by atomic mass is 19.1. The van der Waals surface area contributed by atoms with Gasteiger partial charge in [-0.2, -0.15) is 0 Å². The van der Waals surface area contributed by atoms with E-state index in [0.717, 1.165) is 29.7 Å². The van der Waals surface area contributed by atoms with Crippen molar-refractivity contribution in [3.05, 3.63) is 43.0 Å². The molecule has 1 unspecified atom stereocenters. The van der Waals surface area contributed by atoms with Crippen molar-refractivity contribution in [2.45, 2.75) is 6.17 Å². The zero-order chi connectivity index (χ0) is 18.9. The van der Waals surface area contributed by atoms with Crippen LogP contribution in [-0.2, 0) is 4.74 Å². The van der Waals surface area contributed by atoms with Crippen molar-refractivity contribution in [2.24, 2.45) is 4.99 Å². The Hall–Kier alpha value is -3.20. The van der Waals surface area contributed by atoms with Crippen molar-refractivity contribution in [1.29, 1.82) is 0 Å². The Morgan fingerprint density at radius 1 is 1.11 bits per heavy atom. The number of fused-ring (bicyclic) bond motifs is 1. The van der Waals surface area contributed by atoms with Crippen LogP contribution in [0.15, 0.2) is 48.0 Å². The molecule has 2 aliphatic heterocycles. The second kappa shape index (κ2) is 7.08. The summed E-state index contributed by atoms with van der Waals surface area (Å²) in [5, 5.41) is 0. The number of imidazole rings is 1. The van der Waals surface area contributed by atoms with Crippen LogP contribution in [0.3, 0.4) is 0 Å². The molecule has 9 heteroatoms. The summed E-state index contributed by atoms with van der Waals surface area (Å²) in [6.07, 6.45) is 9.06. The largest absolute Gasteiger partial charge is 0.378 e. The number of rotatable bonds is 2. The van der Waals surface area contributed by atoms with Gasteiger partial charge in [-0.1, -0.05) is 0 Å². The number of hydrogen-bond donors (Lipinski definition) is 0. The standard InChI is InChI=1S/C19H18FN7O/c20-14-1-2-17(22-11-14)27-16-12-21-4-3-15(16)25-18(27)13-9-23-19(24-10-13)26-5-7-28-8-6-26/h1-4,9-10,12,14H,5-8,11H2. The molecule has 3 aromatic rings. The quantitative estimate of drug-likeness (QED) is 0.676. The van der Waals surface area contributed by atoms with Crippen LogP contribution >= 0.6 is 0 Å². The topological polar surface area (TPSA) is 81.3 Å². The maximum Gasteiger partial charge on any atom is 0.225 e. The van der Waals surface area contributed by atoms with Gasteiger partial charge in [0.2, 0.25) is 5.95 Å². The third kappa shape index (κ3) is 3.03. The molecular weight excluding hydrogens is 361 g/mol. The second-order valence-corrected chi connectivity index (χ2v) is 6.58. The van der Waals surface area contributed by atoms with E-state index in [2.05, 4.69) is 24.8 Å². The third-order valence-corrected chi connectivity index (χ3v) is 4.76.